The molecule has 1 fully saturated rings. The highest BCUT2D eigenvalue weighted by Gasteiger charge is 2.19. The summed E-state index contributed by atoms with van der Waals surface area (Å²) in [6, 6.07) is 14.6. The number of piperazine rings is 1. The van der Waals surface area contributed by atoms with Gasteiger partial charge in [0.25, 0.3) is 0 Å². The van der Waals surface area contributed by atoms with Crippen molar-refractivity contribution in [3.05, 3.63) is 59.8 Å². The molecule has 3 rings (SSSR count). The lowest BCUT2D eigenvalue weighted by Crippen LogP contribution is -2.52. The van der Waals surface area contributed by atoms with Crippen LogP contribution >= 0.6 is 24.0 Å². The number of methoxy groups -OCH3 is 1. The Kier molecular flexibility index (Phi) is 9.49. The van der Waals surface area contributed by atoms with E-state index in [0.717, 1.165) is 50.8 Å². The third kappa shape index (κ3) is 6.63. The van der Waals surface area contributed by atoms with Crippen molar-refractivity contribution in [2.75, 3.05) is 39.8 Å². The van der Waals surface area contributed by atoms with E-state index in [4.69, 9.17) is 9.73 Å². The molecule has 1 aliphatic rings. The van der Waals surface area contributed by atoms with E-state index >= 15 is 0 Å². The molecule has 6 nitrogen and oxygen atoms in total. The second-order valence-corrected chi connectivity index (χ2v) is 6.63. The maximum absolute atomic E-state index is 5.11. The first-order valence-corrected chi connectivity index (χ1v) is 9.57. The second-order valence-electron chi connectivity index (χ2n) is 6.63. The molecule has 28 heavy (non-hydrogen) atoms. The molecule has 1 saturated heterocycles. The van der Waals surface area contributed by atoms with Crippen LogP contribution in [-0.2, 0) is 13.1 Å². The summed E-state index contributed by atoms with van der Waals surface area (Å²) in [5.41, 5.74) is 2.45. The number of nitrogens with one attached hydrogen (secondary N) is 1. The van der Waals surface area contributed by atoms with Gasteiger partial charge in [0.2, 0.25) is 5.88 Å². The van der Waals surface area contributed by atoms with E-state index in [-0.39, 0.29) is 24.0 Å². The molecule has 2 heterocycles. The molecule has 1 aliphatic heterocycles. The molecule has 152 valence electrons. The van der Waals surface area contributed by atoms with Crippen molar-refractivity contribution in [3.63, 3.8) is 0 Å². The standard InChI is InChI=1S/C21H29N5O.HI/c1-3-22-21(24-16-19-9-10-20(27-2)23-15-19)26-13-11-25(12-14-26)17-18-7-5-4-6-8-18;/h4-10,15H,3,11-14,16-17H2,1-2H3,(H,22,24);1H. The van der Waals surface area contributed by atoms with E-state index in [1.54, 1.807) is 7.11 Å². The monoisotopic (exact) mass is 495 g/mol. The van der Waals surface area contributed by atoms with Gasteiger partial charge in [-0.3, -0.25) is 4.90 Å². The van der Waals surface area contributed by atoms with Crippen LogP contribution in [0.15, 0.2) is 53.7 Å². The lowest BCUT2D eigenvalue weighted by molar-refractivity contribution is 0.172. The zero-order chi connectivity index (χ0) is 18.9. The van der Waals surface area contributed by atoms with Crippen LogP contribution in [0.5, 0.6) is 5.88 Å². The minimum Gasteiger partial charge on any atom is -0.481 e. The molecule has 0 bridgehead atoms. The van der Waals surface area contributed by atoms with Crippen LogP contribution in [0.3, 0.4) is 0 Å². The third-order valence-corrected chi connectivity index (χ3v) is 4.67. The van der Waals surface area contributed by atoms with Crippen molar-refractivity contribution in [2.24, 2.45) is 4.99 Å². The normalized spacial score (nSPS) is 15.1. The Morgan fingerprint density at radius 1 is 1.07 bits per heavy atom. The van der Waals surface area contributed by atoms with E-state index in [1.807, 2.05) is 18.3 Å². The van der Waals surface area contributed by atoms with E-state index < -0.39 is 0 Å². The quantitative estimate of drug-likeness (QED) is 0.380. The zero-order valence-electron chi connectivity index (χ0n) is 16.7. The molecular formula is C21H30IN5O. The highest BCUT2D eigenvalue weighted by atomic mass is 127. The van der Waals surface area contributed by atoms with Gasteiger partial charge >= 0.3 is 0 Å². The maximum Gasteiger partial charge on any atom is 0.212 e. The molecule has 0 spiro atoms. The number of rotatable bonds is 6. The SMILES string of the molecule is CCNC(=NCc1ccc(OC)nc1)N1CCN(Cc2ccccc2)CC1.I. The Bertz CT molecular complexity index is 715. The first kappa shape index (κ1) is 22.4. The van der Waals surface area contributed by atoms with E-state index in [1.165, 1.54) is 5.56 Å². The van der Waals surface area contributed by atoms with Gasteiger partial charge in [-0.25, -0.2) is 9.98 Å². The number of pyridine rings is 1. The Morgan fingerprint density at radius 3 is 2.43 bits per heavy atom. The number of halogens is 1. The fraction of sp³-hybridized carbons (Fsp3) is 0.429. The first-order chi connectivity index (χ1) is 13.3. The van der Waals surface area contributed by atoms with Gasteiger partial charge in [-0.05, 0) is 18.1 Å². The number of ether oxygens (including phenoxy) is 1. The van der Waals surface area contributed by atoms with E-state index in [9.17, 15) is 0 Å². The molecule has 1 N–H and O–H groups in total. The van der Waals surface area contributed by atoms with E-state index in [2.05, 4.69) is 57.4 Å². The Hall–Kier alpha value is -1.87. The number of guanidine groups is 1. The van der Waals surface area contributed by atoms with Crippen molar-refractivity contribution in [1.82, 2.24) is 20.1 Å². The van der Waals surface area contributed by atoms with Crippen LogP contribution in [0.1, 0.15) is 18.1 Å². The van der Waals surface area contributed by atoms with Crippen LogP contribution in [0.4, 0.5) is 0 Å². The molecular weight excluding hydrogens is 465 g/mol. The summed E-state index contributed by atoms with van der Waals surface area (Å²) >= 11 is 0. The summed E-state index contributed by atoms with van der Waals surface area (Å²) < 4.78 is 5.11. The molecule has 0 aliphatic carbocycles. The minimum absolute atomic E-state index is 0. The van der Waals surface area contributed by atoms with Gasteiger partial charge in [0.15, 0.2) is 5.96 Å². The smallest absolute Gasteiger partial charge is 0.212 e. The van der Waals surface area contributed by atoms with Crippen LogP contribution < -0.4 is 10.1 Å². The first-order valence-electron chi connectivity index (χ1n) is 9.57. The van der Waals surface area contributed by atoms with E-state index in [0.29, 0.717) is 12.4 Å². The van der Waals surface area contributed by atoms with Crippen molar-refractivity contribution in [2.45, 2.75) is 20.0 Å². The Morgan fingerprint density at radius 2 is 1.82 bits per heavy atom. The zero-order valence-corrected chi connectivity index (χ0v) is 19.0. The largest absolute Gasteiger partial charge is 0.481 e. The predicted octanol–water partition coefficient (Wildman–Crippen LogP) is 2.99. The average Bonchev–Trinajstić information content (AvgIpc) is 2.73. The topological polar surface area (TPSA) is 53.0 Å². The third-order valence-electron chi connectivity index (χ3n) is 4.67. The highest BCUT2D eigenvalue weighted by molar-refractivity contribution is 14.0. The number of aliphatic imine (C=N–C) groups is 1. The van der Waals surface area contributed by atoms with Crippen molar-refractivity contribution in [1.29, 1.82) is 0 Å². The van der Waals surface area contributed by atoms with Gasteiger partial charge in [0.1, 0.15) is 0 Å². The molecule has 1 aromatic carbocycles. The van der Waals surface area contributed by atoms with Gasteiger partial charge in [0, 0.05) is 51.5 Å². The molecule has 0 atom stereocenters. The van der Waals surface area contributed by atoms with Crippen LogP contribution in [0, 0.1) is 0 Å². The molecule has 0 amide bonds. The van der Waals surface area contributed by atoms with Gasteiger partial charge in [-0.2, -0.15) is 0 Å². The second kappa shape index (κ2) is 11.9. The lowest BCUT2D eigenvalue weighted by Gasteiger charge is -2.36. The molecule has 7 heteroatoms. The summed E-state index contributed by atoms with van der Waals surface area (Å²) in [5, 5.41) is 3.42. The molecule has 0 saturated carbocycles. The van der Waals surface area contributed by atoms with Crippen LogP contribution in [0.2, 0.25) is 0 Å². The Labute approximate surface area is 185 Å². The maximum atomic E-state index is 5.11. The van der Waals surface area contributed by atoms with Gasteiger partial charge in [-0.15, -0.1) is 24.0 Å². The number of hydrogen-bond donors (Lipinski definition) is 1. The molecule has 0 unspecified atom stereocenters. The minimum atomic E-state index is 0. The number of aromatic nitrogens is 1. The van der Waals surface area contributed by atoms with Gasteiger partial charge in [0.05, 0.1) is 13.7 Å². The van der Waals surface area contributed by atoms with Gasteiger partial charge in [-0.1, -0.05) is 36.4 Å². The number of benzene rings is 1. The highest BCUT2D eigenvalue weighted by Crippen LogP contribution is 2.10. The van der Waals surface area contributed by atoms with Crippen LogP contribution in [-0.4, -0.2) is 60.6 Å². The predicted molar refractivity (Wildman–Crippen MR) is 124 cm³/mol. The summed E-state index contributed by atoms with van der Waals surface area (Å²) in [5.74, 6) is 1.61. The summed E-state index contributed by atoms with van der Waals surface area (Å²) in [7, 11) is 1.63. The summed E-state index contributed by atoms with van der Waals surface area (Å²) in [6.45, 7) is 8.66. The van der Waals surface area contributed by atoms with Crippen molar-refractivity contribution in [3.8, 4) is 5.88 Å². The number of hydrogen-bond acceptors (Lipinski definition) is 4. The average molecular weight is 495 g/mol. The van der Waals surface area contributed by atoms with Crippen molar-refractivity contribution < 1.29 is 4.74 Å². The summed E-state index contributed by atoms with van der Waals surface area (Å²) in [4.78, 5) is 13.9. The molecule has 0 radical (unpaired) electrons. The molecule has 1 aromatic heterocycles. The molecule has 2 aromatic rings. The lowest BCUT2D eigenvalue weighted by atomic mass is 10.2. The van der Waals surface area contributed by atoms with Gasteiger partial charge < -0.3 is 15.0 Å². The fourth-order valence-corrected chi connectivity index (χ4v) is 3.18. The van der Waals surface area contributed by atoms with Crippen LogP contribution in [0.25, 0.3) is 0 Å². The number of nitrogens with zero attached hydrogens (tertiary/aromatic N) is 4. The summed E-state index contributed by atoms with van der Waals surface area (Å²) in [6.07, 6.45) is 1.82. The fourth-order valence-electron chi connectivity index (χ4n) is 3.18. The Balaban J connectivity index is 0.00000280. The van der Waals surface area contributed by atoms with Crippen molar-refractivity contribution >= 4 is 29.9 Å².